The van der Waals surface area contributed by atoms with Gasteiger partial charge in [-0.15, -0.1) is 0 Å². The highest BCUT2D eigenvalue weighted by Crippen LogP contribution is 2.19. The number of benzene rings is 1. The minimum absolute atomic E-state index is 0.169. The van der Waals surface area contributed by atoms with Crippen molar-refractivity contribution in [1.29, 1.82) is 0 Å². The normalized spacial score (nSPS) is 11.0. The first-order valence-electron chi connectivity index (χ1n) is 7.87. The second-order valence-corrected chi connectivity index (χ2v) is 6.88. The van der Waals surface area contributed by atoms with Crippen LogP contribution in [0, 0.1) is 4.77 Å². The molecule has 0 fully saturated rings. The monoisotopic (exact) mass is 415 g/mol. The van der Waals surface area contributed by atoms with Crippen LogP contribution >= 0.6 is 35.4 Å². The van der Waals surface area contributed by atoms with Crippen LogP contribution in [-0.2, 0) is 6.54 Å². The van der Waals surface area contributed by atoms with Crippen molar-refractivity contribution in [1.82, 2.24) is 24.1 Å². The van der Waals surface area contributed by atoms with Crippen molar-refractivity contribution in [3.05, 3.63) is 86.0 Å². The predicted octanol–water partition coefficient (Wildman–Crippen LogP) is 4.01. The van der Waals surface area contributed by atoms with Gasteiger partial charge in [-0.2, -0.15) is 0 Å². The van der Waals surface area contributed by atoms with E-state index in [1.807, 2.05) is 10.8 Å². The molecule has 1 aromatic heterocycles. The van der Waals surface area contributed by atoms with E-state index in [2.05, 4.69) is 15.0 Å². The molecule has 2 aliphatic heterocycles. The molecule has 0 radical (unpaired) electrons. The van der Waals surface area contributed by atoms with Gasteiger partial charge in [-0.05, 0) is 60.2 Å². The first kappa shape index (κ1) is 17.8. The van der Waals surface area contributed by atoms with Crippen molar-refractivity contribution in [2.45, 2.75) is 6.54 Å². The SMILES string of the molecule is O=c1c2cccn(Cc3cnc(Cl)nc3)c-2nc(=S)n1-c1ccc(Cl)cc1. The van der Waals surface area contributed by atoms with E-state index in [-0.39, 0.29) is 15.6 Å². The maximum Gasteiger partial charge on any atom is 0.268 e. The third kappa shape index (κ3) is 3.49. The summed E-state index contributed by atoms with van der Waals surface area (Å²) in [6.07, 6.45) is 5.08. The number of nitrogens with zero attached hydrogens (tertiary/aromatic N) is 5. The Labute approximate surface area is 169 Å². The zero-order valence-electron chi connectivity index (χ0n) is 13.7. The van der Waals surface area contributed by atoms with Crippen LogP contribution < -0.4 is 5.56 Å². The molecule has 0 aliphatic carbocycles. The fourth-order valence-electron chi connectivity index (χ4n) is 2.75. The highest BCUT2D eigenvalue weighted by molar-refractivity contribution is 7.71. The summed E-state index contributed by atoms with van der Waals surface area (Å²) in [6, 6.07) is 10.4. The Morgan fingerprint density at radius 1 is 1.04 bits per heavy atom. The Morgan fingerprint density at radius 2 is 1.74 bits per heavy atom. The van der Waals surface area contributed by atoms with Gasteiger partial charge >= 0.3 is 0 Å². The lowest BCUT2D eigenvalue weighted by Gasteiger charge is -2.16. The average molecular weight is 416 g/mol. The molecular formula is C18H11Cl2N5OS. The van der Waals surface area contributed by atoms with Gasteiger partial charge in [-0.25, -0.2) is 15.0 Å². The van der Waals surface area contributed by atoms with Crippen LogP contribution in [0.5, 0.6) is 0 Å². The molecule has 0 saturated heterocycles. The van der Waals surface area contributed by atoms with E-state index in [4.69, 9.17) is 35.4 Å². The molecule has 6 nitrogen and oxygen atoms in total. The highest BCUT2D eigenvalue weighted by Gasteiger charge is 2.16. The van der Waals surface area contributed by atoms with E-state index >= 15 is 0 Å². The molecule has 2 aliphatic rings. The zero-order valence-corrected chi connectivity index (χ0v) is 16.0. The number of fused-ring (bicyclic) bond motifs is 1. The smallest absolute Gasteiger partial charge is 0.268 e. The van der Waals surface area contributed by atoms with Crippen LogP contribution in [0.15, 0.2) is 59.8 Å². The van der Waals surface area contributed by atoms with Crippen LogP contribution in [0.2, 0.25) is 10.3 Å². The Kier molecular flexibility index (Phi) is 4.73. The molecule has 0 N–H and O–H groups in total. The molecule has 0 bridgehead atoms. The molecule has 0 unspecified atom stereocenters. The Morgan fingerprint density at radius 3 is 2.44 bits per heavy atom. The van der Waals surface area contributed by atoms with E-state index in [0.29, 0.717) is 28.6 Å². The molecule has 3 heterocycles. The van der Waals surface area contributed by atoms with Gasteiger partial charge in [0, 0.05) is 29.2 Å². The standard InChI is InChI=1S/C18H11Cl2N5OS/c19-12-3-5-13(6-4-12)25-16(26)14-2-1-7-24(15(14)23-18(25)27)10-11-8-21-17(20)22-9-11/h1-9H,10H2. The quantitative estimate of drug-likeness (QED) is 0.373. The number of aromatic nitrogens is 5. The Bertz CT molecular complexity index is 1200. The Balaban J connectivity index is 1.85. The topological polar surface area (TPSA) is 65.6 Å². The van der Waals surface area contributed by atoms with Crippen molar-refractivity contribution in [3.63, 3.8) is 0 Å². The van der Waals surface area contributed by atoms with Gasteiger partial charge in [-0.3, -0.25) is 9.36 Å². The second kappa shape index (κ2) is 7.19. The predicted molar refractivity (Wildman–Crippen MR) is 106 cm³/mol. The first-order valence-corrected chi connectivity index (χ1v) is 9.04. The molecule has 1 aromatic carbocycles. The summed E-state index contributed by atoms with van der Waals surface area (Å²) in [5.41, 5.74) is 1.65. The summed E-state index contributed by atoms with van der Waals surface area (Å²) >= 11 is 17.0. The maximum atomic E-state index is 13.1. The first-order chi connectivity index (χ1) is 13.0. The summed E-state index contributed by atoms with van der Waals surface area (Å²) in [5.74, 6) is 0.493. The molecule has 0 amide bonds. The van der Waals surface area contributed by atoms with Gasteiger partial charge < -0.3 is 4.57 Å². The number of rotatable bonds is 3. The third-order valence-electron chi connectivity index (χ3n) is 3.98. The minimum Gasteiger partial charge on any atom is -0.328 e. The lowest BCUT2D eigenvalue weighted by atomic mass is 10.2. The average Bonchev–Trinajstić information content (AvgIpc) is 2.66. The molecule has 134 valence electrons. The van der Waals surface area contributed by atoms with Crippen LogP contribution in [0.1, 0.15) is 5.56 Å². The summed E-state index contributed by atoms with van der Waals surface area (Å²) in [6.45, 7) is 0.431. The third-order valence-corrected chi connectivity index (χ3v) is 4.70. The van der Waals surface area contributed by atoms with E-state index in [0.717, 1.165) is 5.56 Å². The lowest BCUT2D eigenvalue weighted by molar-refractivity contribution is 0.754. The number of pyridine rings is 1. The van der Waals surface area contributed by atoms with Crippen LogP contribution in [0.3, 0.4) is 0 Å². The molecular weight excluding hydrogens is 405 g/mol. The number of halogens is 2. The molecule has 4 rings (SSSR count). The summed E-state index contributed by atoms with van der Waals surface area (Å²) < 4.78 is 3.39. The number of hydrogen-bond donors (Lipinski definition) is 0. The molecule has 0 atom stereocenters. The molecule has 0 spiro atoms. The van der Waals surface area contributed by atoms with E-state index in [1.54, 1.807) is 48.8 Å². The van der Waals surface area contributed by atoms with Crippen molar-refractivity contribution in [2.75, 3.05) is 0 Å². The van der Waals surface area contributed by atoms with Crippen molar-refractivity contribution < 1.29 is 0 Å². The fraction of sp³-hybridized carbons (Fsp3) is 0.0556. The van der Waals surface area contributed by atoms with E-state index in [9.17, 15) is 4.79 Å². The fourth-order valence-corrected chi connectivity index (χ4v) is 3.24. The maximum absolute atomic E-state index is 13.1. The van der Waals surface area contributed by atoms with Gasteiger partial charge in [-0.1, -0.05) is 11.6 Å². The summed E-state index contributed by atoms with van der Waals surface area (Å²) in [4.78, 5) is 25.5. The van der Waals surface area contributed by atoms with E-state index in [1.165, 1.54) is 4.57 Å². The van der Waals surface area contributed by atoms with Gasteiger partial charge in [0.1, 0.15) is 5.82 Å². The summed E-state index contributed by atoms with van der Waals surface area (Å²) in [5, 5.41) is 0.757. The number of hydrogen-bond acceptors (Lipinski definition) is 5. The zero-order chi connectivity index (χ0) is 19.0. The van der Waals surface area contributed by atoms with E-state index < -0.39 is 0 Å². The molecule has 9 heteroatoms. The van der Waals surface area contributed by atoms with Crippen LogP contribution in [-0.4, -0.2) is 24.1 Å². The largest absolute Gasteiger partial charge is 0.328 e. The van der Waals surface area contributed by atoms with Crippen molar-refractivity contribution >= 4 is 35.4 Å². The summed E-state index contributed by atoms with van der Waals surface area (Å²) in [7, 11) is 0. The lowest BCUT2D eigenvalue weighted by Crippen LogP contribution is -2.25. The van der Waals surface area contributed by atoms with Crippen molar-refractivity contribution in [3.8, 4) is 17.1 Å². The van der Waals surface area contributed by atoms with Gasteiger partial charge in [0.15, 0.2) is 0 Å². The highest BCUT2D eigenvalue weighted by atomic mass is 35.5. The molecule has 2 aromatic rings. The molecule has 27 heavy (non-hydrogen) atoms. The Hall–Kier alpha value is -2.61. The van der Waals surface area contributed by atoms with Gasteiger partial charge in [0.25, 0.3) is 5.56 Å². The minimum atomic E-state index is -0.242. The van der Waals surface area contributed by atoms with Gasteiger partial charge in [0.2, 0.25) is 10.1 Å². The second-order valence-electron chi connectivity index (χ2n) is 5.75. The van der Waals surface area contributed by atoms with Crippen LogP contribution in [0.4, 0.5) is 0 Å². The van der Waals surface area contributed by atoms with Crippen LogP contribution in [0.25, 0.3) is 17.1 Å². The van der Waals surface area contributed by atoms with Gasteiger partial charge in [0.05, 0.1) is 17.8 Å². The molecule has 0 saturated carbocycles. The van der Waals surface area contributed by atoms with Crippen molar-refractivity contribution in [2.24, 2.45) is 0 Å².